The maximum atomic E-state index is 13.1. The van der Waals surface area contributed by atoms with Gasteiger partial charge in [-0.2, -0.15) is 0 Å². The lowest BCUT2D eigenvalue weighted by Crippen LogP contribution is -2.32. The molecule has 0 aliphatic carbocycles. The Morgan fingerprint density at radius 1 is 0.762 bits per heavy atom. The predicted octanol–water partition coefficient (Wildman–Crippen LogP) is 6.75. The van der Waals surface area contributed by atoms with Gasteiger partial charge in [0, 0.05) is 47.5 Å². The number of carbonyl (C=O) groups is 3. The molecule has 4 rings (SSSR count). The second-order valence-corrected chi connectivity index (χ2v) is 10.5. The first-order chi connectivity index (χ1) is 20.3. The van der Waals surface area contributed by atoms with E-state index in [0.29, 0.717) is 47.7 Å². The number of nitrogens with one attached hydrogen (secondary N) is 2. The second kappa shape index (κ2) is 14.6. The molecule has 4 aromatic carbocycles. The minimum atomic E-state index is -1.02. The fraction of sp³-hybridized carbons (Fsp3) is 0.229. The van der Waals surface area contributed by atoms with Gasteiger partial charge in [0.2, 0.25) is 0 Å². The van der Waals surface area contributed by atoms with Crippen LogP contribution >= 0.6 is 0 Å². The molecule has 0 heterocycles. The molecule has 0 aromatic heterocycles. The lowest BCUT2D eigenvalue weighted by Gasteiger charge is -2.18. The summed E-state index contributed by atoms with van der Waals surface area (Å²) in [7, 11) is 0. The van der Waals surface area contributed by atoms with E-state index in [9.17, 15) is 19.5 Å². The van der Waals surface area contributed by atoms with Gasteiger partial charge in [-0.1, -0.05) is 80.6 Å². The summed E-state index contributed by atoms with van der Waals surface area (Å²) in [5, 5.41) is 16.3. The summed E-state index contributed by atoms with van der Waals surface area (Å²) in [4.78, 5) is 37.8. The number of carbonyl (C=O) groups excluding carboxylic acids is 2. The Morgan fingerprint density at radius 3 is 2.05 bits per heavy atom. The van der Waals surface area contributed by atoms with E-state index in [1.165, 1.54) is 0 Å². The quantitative estimate of drug-likeness (QED) is 0.108. The minimum absolute atomic E-state index is 0.116. The molecule has 42 heavy (non-hydrogen) atoms. The molecule has 216 valence electrons. The van der Waals surface area contributed by atoms with Crippen molar-refractivity contribution in [2.75, 3.05) is 23.8 Å². The van der Waals surface area contributed by atoms with E-state index in [0.717, 1.165) is 11.3 Å². The highest BCUT2D eigenvalue weighted by atomic mass is 16.5. The van der Waals surface area contributed by atoms with Crippen molar-refractivity contribution in [3.8, 4) is 5.75 Å². The zero-order valence-electron chi connectivity index (χ0n) is 23.9. The number of Topliss-reactive ketones (excluding diaryl/α,β-unsaturated/α-hetero) is 1. The summed E-state index contributed by atoms with van der Waals surface area (Å²) in [5.41, 5.74) is 3.71. The molecule has 0 aliphatic rings. The van der Waals surface area contributed by atoms with Crippen LogP contribution in [0.3, 0.4) is 0 Å². The molecule has 0 bridgehead atoms. The highest BCUT2D eigenvalue weighted by molar-refractivity contribution is 6.12. The smallest absolute Gasteiger partial charge is 0.326 e. The molecule has 0 radical (unpaired) electrons. The zero-order chi connectivity index (χ0) is 29.9. The number of rotatable bonds is 15. The average molecular weight is 565 g/mol. The molecule has 3 N–H and O–H groups in total. The number of benzene rings is 4. The van der Waals surface area contributed by atoms with Crippen molar-refractivity contribution in [3.05, 3.63) is 125 Å². The summed E-state index contributed by atoms with van der Waals surface area (Å²) < 4.78 is 5.86. The fourth-order valence-electron chi connectivity index (χ4n) is 4.61. The molecule has 0 spiro atoms. The van der Waals surface area contributed by atoms with Gasteiger partial charge in [-0.3, -0.25) is 9.59 Å². The Hall–Kier alpha value is -4.91. The molecule has 1 unspecified atom stereocenters. The summed E-state index contributed by atoms with van der Waals surface area (Å²) in [6.45, 7) is 4.96. The highest BCUT2D eigenvalue weighted by Crippen LogP contribution is 2.22. The number of ether oxygens (including phenoxy) is 1. The lowest BCUT2D eigenvalue weighted by molar-refractivity contribution is -0.137. The van der Waals surface area contributed by atoms with Gasteiger partial charge >= 0.3 is 5.97 Å². The molecule has 4 aromatic rings. The van der Waals surface area contributed by atoms with E-state index >= 15 is 0 Å². The standard InChI is InChI=1S/C35H36N2O5/c1-24(2)22-33(38)28-12-6-8-14-30(28)36-20-21-42-27-18-16-25(17-19-27)23-32(35(40)41)37-31-15-9-7-13-29(31)34(39)26-10-4-3-5-11-26/h3-19,24,32,36-37H,20-23H2,1-2H3,(H,40,41). The van der Waals surface area contributed by atoms with Crippen LogP contribution in [0.25, 0.3) is 0 Å². The van der Waals surface area contributed by atoms with E-state index in [-0.39, 0.29) is 23.9 Å². The SMILES string of the molecule is CC(C)CC(=O)c1ccccc1NCCOc1ccc(CC(Nc2ccccc2C(=O)c2ccccc2)C(=O)O)cc1. The van der Waals surface area contributed by atoms with Crippen molar-refractivity contribution < 1.29 is 24.2 Å². The Kier molecular flexibility index (Phi) is 10.5. The molecular formula is C35H36N2O5. The van der Waals surface area contributed by atoms with Gasteiger partial charge in [0.25, 0.3) is 0 Å². The van der Waals surface area contributed by atoms with E-state index in [1.54, 1.807) is 60.7 Å². The number of carboxylic acids is 1. The van der Waals surface area contributed by atoms with E-state index in [4.69, 9.17) is 4.74 Å². The van der Waals surface area contributed by atoms with Crippen LogP contribution < -0.4 is 15.4 Å². The normalized spacial score (nSPS) is 11.5. The van der Waals surface area contributed by atoms with E-state index < -0.39 is 12.0 Å². The first-order valence-corrected chi connectivity index (χ1v) is 14.1. The van der Waals surface area contributed by atoms with Crippen molar-refractivity contribution in [2.45, 2.75) is 32.7 Å². The second-order valence-electron chi connectivity index (χ2n) is 10.5. The molecule has 0 fully saturated rings. The molecular weight excluding hydrogens is 528 g/mol. The van der Waals surface area contributed by atoms with Gasteiger partial charge in [-0.15, -0.1) is 0 Å². The summed E-state index contributed by atoms with van der Waals surface area (Å²) in [6.07, 6.45) is 0.713. The summed E-state index contributed by atoms with van der Waals surface area (Å²) in [6, 6.07) is 29.7. The average Bonchev–Trinajstić information content (AvgIpc) is 3.00. The Balaban J connectivity index is 1.33. The van der Waals surface area contributed by atoms with Gasteiger partial charge in [-0.25, -0.2) is 4.79 Å². The third kappa shape index (κ3) is 8.30. The maximum Gasteiger partial charge on any atom is 0.326 e. The topological polar surface area (TPSA) is 105 Å². The largest absolute Gasteiger partial charge is 0.492 e. The van der Waals surface area contributed by atoms with Gasteiger partial charge < -0.3 is 20.5 Å². The number of aliphatic carboxylic acids is 1. The van der Waals surface area contributed by atoms with Crippen LogP contribution in [-0.2, 0) is 11.2 Å². The molecule has 7 heteroatoms. The third-order valence-corrected chi connectivity index (χ3v) is 6.71. The van der Waals surface area contributed by atoms with Crippen LogP contribution in [0.2, 0.25) is 0 Å². The predicted molar refractivity (Wildman–Crippen MR) is 166 cm³/mol. The van der Waals surface area contributed by atoms with Gasteiger partial charge in [0.1, 0.15) is 18.4 Å². The van der Waals surface area contributed by atoms with Crippen molar-refractivity contribution in [2.24, 2.45) is 5.92 Å². The zero-order valence-corrected chi connectivity index (χ0v) is 23.9. The van der Waals surface area contributed by atoms with E-state index in [1.807, 2.05) is 56.3 Å². The summed E-state index contributed by atoms with van der Waals surface area (Å²) >= 11 is 0. The van der Waals surface area contributed by atoms with Crippen LogP contribution in [0.1, 0.15) is 52.1 Å². The molecule has 0 amide bonds. The first kappa shape index (κ1) is 30.1. The Labute approximate surface area is 246 Å². The number of para-hydroxylation sites is 2. The highest BCUT2D eigenvalue weighted by Gasteiger charge is 2.21. The minimum Gasteiger partial charge on any atom is -0.492 e. The molecule has 7 nitrogen and oxygen atoms in total. The van der Waals surface area contributed by atoms with Gasteiger partial charge in [-0.05, 0) is 47.9 Å². The van der Waals surface area contributed by atoms with Gasteiger partial charge in [0.15, 0.2) is 11.6 Å². The Bertz CT molecular complexity index is 1500. The number of hydrogen-bond donors (Lipinski definition) is 3. The maximum absolute atomic E-state index is 13.1. The number of anilines is 2. The van der Waals surface area contributed by atoms with Crippen molar-refractivity contribution in [3.63, 3.8) is 0 Å². The van der Waals surface area contributed by atoms with Crippen LogP contribution in [0.15, 0.2) is 103 Å². The van der Waals surface area contributed by atoms with Crippen LogP contribution in [-0.4, -0.2) is 41.8 Å². The van der Waals surface area contributed by atoms with Crippen LogP contribution in [0.4, 0.5) is 11.4 Å². The monoisotopic (exact) mass is 564 g/mol. The number of ketones is 2. The lowest BCUT2D eigenvalue weighted by atomic mass is 10.00. The Morgan fingerprint density at radius 2 is 1.38 bits per heavy atom. The first-order valence-electron chi connectivity index (χ1n) is 14.1. The molecule has 0 saturated carbocycles. The van der Waals surface area contributed by atoms with Crippen molar-refractivity contribution >= 4 is 28.9 Å². The molecule has 0 saturated heterocycles. The fourth-order valence-corrected chi connectivity index (χ4v) is 4.61. The van der Waals surface area contributed by atoms with Crippen LogP contribution in [0.5, 0.6) is 5.75 Å². The molecule has 1 atom stereocenters. The van der Waals surface area contributed by atoms with Crippen molar-refractivity contribution in [1.82, 2.24) is 0 Å². The third-order valence-electron chi connectivity index (χ3n) is 6.71. The van der Waals surface area contributed by atoms with Crippen molar-refractivity contribution in [1.29, 1.82) is 0 Å². The van der Waals surface area contributed by atoms with E-state index in [2.05, 4.69) is 10.6 Å². The van der Waals surface area contributed by atoms with Crippen LogP contribution in [0, 0.1) is 5.92 Å². The number of carboxylic acid groups (broad SMARTS) is 1. The van der Waals surface area contributed by atoms with Gasteiger partial charge in [0.05, 0.1) is 0 Å². The summed E-state index contributed by atoms with van der Waals surface area (Å²) in [5.74, 6) is -0.133. The number of hydrogen-bond acceptors (Lipinski definition) is 6. The molecule has 0 aliphatic heterocycles.